The molecule has 0 saturated heterocycles. The lowest BCUT2D eigenvalue weighted by molar-refractivity contribution is -0.153. The summed E-state index contributed by atoms with van der Waals surface area (Å²) < 4.78 is 10.4. The van der Waals surface area contributed by atoms with E-state index in [0.717, 1.165) is 25.7 Å². The number of alkyl carbamates (subject to hydrolysis) is 2. The quantitative estimate of drug-likeness (QED) is 0.239. The molecule has 0 heterocycles. The van der Waals surface area contributed by atoms with Crippen LogP contribution in [0, 0.1) is 27.1 Å². The van der Waals surface area contributed by atoms with Gasteiger partial charge in [-0.2, -0.15) is 0 Å². The number of hydrogen-bond acceptors (Lipinski definition) is 9. The number of nitrogens with zero attached hydrogens (tertiary/aromatic N) is 2. The molecule has 41 heavy (non-hydrogen) atoms. The summed E-state index contributed by atoms with van der Waals surface area (Å²) in [6, 6.07) is -0.368. The Hall–Kier alpha value is -3.23. The van der Waals surface area contributed by atoms with E-state index in [1.165, 1.54) is 6.92 Å². The summed E-state index contributed by atoms with van der Waals surface area (Å²) in [6.45, 7) is 13.2. The molecule has 12 nitrogen and oxygen atoms in total. The van der Waals surface area contributed by atoms with Gasteiger partial charge in [0.1, 0.15) is 18.6 Å². The second kappa shape index (κ2) is 13.2. The van der Waals surface area contributed by atoms with Gasteiger partial charge in [-0.1, -0.05) is 41.5 Å². The fourth-order valence-electron chi connectivity index (χ4n) is 7.05. The number of carboxylic acid groups (broad SMARTS) is 1. The van der Waals surface area contributed by atoms with Crippen molar-refractivity contribution in [2.24, 2.45) is 37.1 Å². The molecule has 2 amide bonds. The van der Waals surface area contributed by atoms with Crippen LogP contribution >= 0.6 is 0 Å². The molecule has 0 aliphatic heterocycles. The zero-order chi connectivity index (χ0) is 31.1. The molecule has 4 unspecified atom stereocenters. The van der Waals surface area contributed by atoms with Crippen molar-refractivity contribution < 1.29 is 38.6 Å². The molecule has 12 heteroatoms. The third kappa shape index (κ3) is 10.6. The summed E-state index contributed by atoms with van der Waals surface area (Å²) >= 11 is 0. The van der Waals surface area contributed by atoms with Crippen LogP contribution in [0.5, 0.6) is 0 Å². The normalized spacial score (nSPS) is 29.8. The van der Waals surface area contributed by atoms with E-state index in [0.29, 0.717) is 12.8 Å². The number of ether oxygens (including phenoxy) is 2. The van der Waals surface area contributed by atoms with Crippen molar-refractivity contribution in [3.63, 3.8) is 0 Å². The zero-order valence-electron chi connectivity index (χ0n) is 25.4. The Morgan fingerprint density at radius 3 is 1.46 bits per heavy atom. The van der Waals surface area contributed by atoms with Gasteiger partial charge in [-0.3, -0.25) is 4.79 Å². The Labute approximate surface area is 242 Å². The van der Waals surface area contributed by atoms with Gasteiger partial charge in [0, 0.05) is 13.1 Å². The molecule has 2 aliphatic rings. The summed E-state index contributed by atoms with van der Waals surface area (Å²) in [7, 11) is 0. The fourth-order valence-corrected chi connectivity index (χ4v) is 7.05. The molecule has 0 bridgehead atoms. The van der Waals surface area contributed by atoms with Gasteiger partial charge >= 0.3 is 18.2 Å². The van der Waals surface area contributed by atoms with Gasteiger partial charge in [-0.05, 0) is 67.1 Å². The first kappa shape index (κ1) is 34.0. The van der Waals surface area contributed by atoms with Gasteiger partial charge in [0.05, 0.1) is 12.1 Å². The lowest BCUT2D eigenvalue weighted by Gasteiger charge is -2.45. The van der Waals surface area contributed by atoms with Crippen molar-refractivity contribution in [2.45, 2.75) is 99.1 Å². The molecule has 2 aliphatic carbocycles. The molecule has 0 aromatic carbocycles. The average Bonchev–Trinajstić information content (AvgIpc) is 2.81. The Bertz CT molecular complexity index is 1000. The largest absolute Gasteiger partial charge is 0.481 e. The number of carbonyl (C=O) groups is 3. The van der Waals surface area contributed by atoms with E-state index in [4.69, 9.17) is 9.47 Å². The standard InChI is InChI=1S/C29H46N4O8/c1-25(2)8-20(32-18-34)10-27(5,12-25)14-30-23(38)40-16-29(7,22(36)37)17-41-24(39)31-15-28(6)11-21(33-19-35)9-26(3,4)13-28/h20-21H,8-17H2,1-7H3,(H,30,38)(H,31,39)(H,36,37). The first-order valence-electron chi connectivity index (χ1n) is 14.0. The first-order valence-corrected chi connectivity index (χ1v) is 14.0. The number of carboxylic acids is 1. The summed E-state index contributed by atoms with van der Waals surface area (Å²) in [5.41, 5.74) is -2.52. The van der Waals surface area contributed by atoms with Gasteiger partial charge in [0.15, 0.2) is 0 Å². The minimum Gasteiger partial charge on any atom is -0.481 e. The third-order valence-electron chi connectivity index (χ3n) is 8.19. The van der Waals surface area contributed by atoms with Crippen LogP contribution < -0.4 is 10.6 Å². The number of amides is 2. The number of carbonyl (C=O) groups excluding carboxylic acids is 4. The highest BCUT2D eigenvalue weighted by molar-refractivity contribution is 5.76. The van der Waals surface area contributed by atoms with E-state index in [1.807, 2.05) is 13.8 Å². The number of aliphatic imine (C=N–C) groups is 2. The first-order chi connectivity index (χ1) is 18.8. The van der Waals surface area contributed by atoms with Gasteiger partial charge in [-0.25, -0.2) is 29.2 Å². The predicted molar refractivity (Wildman–Crippen MR) is 150 cm³/mol. The molecule has 3 N–H and O–H groups in total. The Kier molecular flexibility index (Phi) is 10.9. The van der Waals surface area contributed by atoms with E-state index >= 15 is 0 Å². The van der Waals surface area contributed by atoms with Crippen molar-refractivity contribution in [1.82, 2.24) is 10.6 Å². The van der Waals surface area contributed by atoms with Gasteiger partial charge < -0.3 is 25.2 Å². The zero-order valence-corrected chi connectivity index (χ0v) is 25.4. The van der Waals surface area contributed by atoms with Crippen LogP contribution in [0.15, 0.2) is 9.98 Å². The smallest absolute Gasteiger partial charge is 0.407 e. The minimum absolute atomic E-state index is 0.0842. The Morgan fingerprint density at radius 2 is 1.15 bits per heavy atom. The van der Waals surface area contributed by atoms with E-state index in [2.05, 4.69) is 48.3 Å². The van der Waals surface area contributed by atoms with Crippen molar-refractivity contribution in [3.8, 4) is 0 Å². The van der Waals surface area contributed by atoms with Crippen LogP contribution in [0.25, 0.3) is 0 Å². The molecule has 0 aromatic rings. The molecular formula is C29H46N4O8. The van der Waals surface area contributed by atoms with Crippen molar-refractivity contribution in [3.05, 3.63) is 0 Å². The molecule has 0 radical (unpaired) electrons. The molecule has 4 atom stereocenters. The Balaban J connectivity index is 1.88. The summed E-state index contributed by atoms with van der Waals surface area (Å²) in [5, 5.41) is 15.2. The van der Waals surface area contributed by atoms with Crippen molar-refractivity contribution in [1.29, 1.82) is 0 Å². The second-order valence-electron chi connectivity index (χ2n) is 14.6. The van der Waals surface area contributed by atoms with E-state index in [-0.39, 0.29) is 46.8 Å². The molecule has 0 aromatic heterocycles. The molecule has 2 fully saturated rings. The Morgan fingerprint density at radius 1 is 0.780 bits per heavy atom. The maximum Gasteiger partial charge on any atom is 0.407 e. The third-order valence-corrected chi connectivity index (χ3v) is 8.19. The maximum atomic E-state index is 12.5. The lowest BCUT2D eigenvalue weighted by atomic mass is 9.62. The van der Waals surface area contributed by atoms with Gasteiger partial charge in [-0.15, -0.1) is 0 Å². The van der Waals surface area contributed by atoms with Crippen LogP contribution in [-0.2, 0) is 23.9 Å². The highest BCUT2D eigenvalue weighted by Crippen LogP contribution is 2.47. The highest BCUT2D eigenvalue weighted by atomic mass is 16.6. The molecule has 2 rings (SSSR count). The second-order valence-corrected chi connectivity index (χ2v) is 14.6. The highest BCUT2D eigenvalue weighted by Gasteiger charge is 2.43. The lowest BCUT2D eigenvalue weighted by Crippen LogP contribution is -2.46. The number of isocyanates is 2. The predicted octanol–water partition coefficient (Wildman–Crippen LogP) is 4.37. The fraction of sp³-hybridized carbons (Fsp3) is 0.828. The summed E-state index contributed by atoms with van der Waals surface area (Å²) in [5.74, 6) is -1.29. The minimum atomic E-state index is -1.67. The monoisotopic (exact) mass is 578 g/mol. The number of aliphatic carboxylic acids is 1. The van der Waals surface area contributed by atoms with Crippen LogP contribution in [0.1, 0.15) is 87.0 Å². The van der Waals surface area contributed by atoms with Crippen LogP contribution in [0.4, 0.5) is 9.59 Å². The van der Waals surface area contributed by atoms with E-state index in [9.17, 15) is 29.1 Å². The SMILES string of the molecule is CC1(C)CC(N=C=O)CC(C)(CNC(=O)OCC(C)(COC(=O)NCC2(C)CC(N=C=O)CC(C)(C)C2)C(=O)O)C1. The number of rotatable bonds is 11. The molecule has 230 valence electrons. The van der Waals surface area contributed by atoms with Crippen LogP contribution in [0.2, 0.25) is 0 Å². The maximum absolute atomic E-state index is 12.5. The number of hydrogen-bond donors (Lipinski definition) is 3. The van der Waals surface area contributed by atoms with E-state index < -0.39 is 36.8 Å². The average molecular weight is 579 g/mol. The van der Waals surface area contributed by atoms with Gasteiger partial charge in [0.25, 0.3) is 0 Å². The van der Waals surface area contributed by atoms with Crippen molar-refractivity contribution in [2.75, 3.05) is 26.3 Å². The summed E-state index contributed by atoms with van der Waals surface area (Å²) in [6.07, 6.45) is 5.97. The number of nitrogens with one attached hydrogen (secondary N) is 2. The van der Waals surface area contributed by atoms with Crippen LogP contribution in [0.3, 0.4) is 0 Å². The molecule has 2 saturated carbocycles. The van der Waals surface area contributed by atoms with Crippen LogP contribution in [-0.4, -0.2) is 73.8 Å². The summed E-state index contributed by atoms with van der Waals surface area (Å²) in [4.78, 5) is 66.3. The molecular weight excluding hydrogens is 532 g/mol. The molecule has 0 spiro atoms. The van der Waals surface area contributed by atoms with Crippen molar-refractivity contribution >= 4 is 30.3 Å². The van der Waals surface area contributed by atoms with Gasteiger partial charge in [0.2, 0.25) is 12.2 Å². The van der Waals surface area contributed by atoms with E-state index in [1.54, 1.807) is 12.2 Å². The topological polar surface area (TPSA) is 173 Å².